The molecule has 15 heteroatoms. The van der Waals surface area contributed by atoms with Gasteiger partial charge in [-0.3, -0.25) is 9.59 Å². The minimum absolute atomic E-state index is 0.0581. The zero-order valence-electron chi connectivity index (χ0n) is 17.1. The Hall–Kier alpha value is -1.87. The molecule has 1 fully saturated rings. The van der Waals surface area contributed by atoms with Gasteiger partial charge in [0.1, 0.15) is 6.61 Å². The van der Waals surface area contributed by atoms with Crippen LogP contribution in [0.15, 0.2) is 28.7 Å². The molecule has 0 amide bonds. The van der Waals surface area contributed by atoms with E-state index in [1.165, 1.54) is 0 Å². The van der Waals surface area contributed by atoms with Gasteiger partial charge in [-0.05, 0) is 43.4 Å². The smallest absolute Gasteiger partial charge is 0.438 e. The SMILES string of the molecule is O=C(OCc1ccc(Br)cc1)C1CCC(C(=O)OC(CS(=O)(=O)[O-])(C(F)(F)F)C(F)(F)F)CC1. The monoisotopic (exact) mass is 583 g/mol. The van der Waals surface area contributed by atoms with Crippen LogP contribution in [-0.2, 0) is 35.8 Å². The Kier molecular flexibility index (Phi) is 8.68. The summed E-state index contributed by atoms with van der Waals surface area (Å²) in [6.45, 7) is -0.0581. The summed E-state index contributed by atoms with van der Waals surface area (Å²) >= 11 is 3.24. The van der Waals surface area contributed by atoms with Gasteiger partial charge >= 0.3 is 29.9 Å². The molecule has 1 aromatic rings. The molecule has 0 heterocycles. The minimum atomic E-state index is -6.42. The van der Waals surface area contributed by atoms with E-state index >= 15 is 0 Å². The van der Waals surface area contributed by atoms with Crippen LogP contribution in [0.2, 0.25) is 0 Å². The summed E-state index contributed by atoms with van der Waals surface area (Å²) in [6, 6.07) is 6.83. The number of alkyl halides is 6. The van der Waals surface area contributed by atoms with Crippen LogP contribution in [0.5, 0.6) is 0 Å². The van der Waals surface area contributed by atoms with Crippen LogP contribution in [0.4, 0.5) is 26.3 Å². The third-order valence-electron chi connectivity index (χ3n) is 5.26. The van der Waals surface area contributed by atoms with E-state index in [-0.39, 0.29) is 32.3 Å². The highest BCUT2D eigenvalue weighted by molar-refractivity contribution is 9.10. The topological polar surface area (TPSA) is 110 Å². The summed E-state index contributed by atoms with van der Waals surface area (Å²) in [6.07, 6.45) is -13.6. The largest absolute Gasteiger partial charge is 0.748 e. The second-order valence-corrected chi connectivity index (χ2v) is 10.0. The van der Waals surface area contributed by atoms with Gasteiger partial charge in [-0.15, -0.1) is 0 Å². The highest BCUT2D eigenvalue weighted by Gasteiger charge is 2.75. The van der Waals surface area contributed by atoms with Crippen molar-refractivity contribution in [3.05, 3.63) is 34.3 Å². The number of rotatable bonds is 7. The first kappa shape index (κ1) is 28.4. The molecule has 0 atom stereocenters. The van der Waals surface area contributed by atoms with Gasteiger partial charge in [0.05, 0.1) is 27.7 Å². The van der Waals surface area contributed by atoms with Crippen LogP contribution in [0, 0.1) is 11.8 Å². The van der Waals surface area contributed by atoms with Crippen molar-refractivity contribution in [1.82, 2.24) is 0 Å². The Bertz CT molecular complexity index is 970. The standard InChI is InChI=1S/C19H19BrF6O7S/c20-14-7-1-11(2-8-14)9-32-15(27)12-3-5-13(6-4-12)16(28)33-17(18(21,22)23,19(24,25)26)10-34(29,30)31/h1-2,7-8,12-13H,3-6,9-10H2,(H,29,30,31)/p-1. The minimum Gasteiger partial charge on any atom is -0.748 e. The molecular weight excluding hydrogens is 566 g/mol. The highest BCUT2D eigenvalue weighted by Crippen LogP contribution is 2.47. The maximum atomic E-state index is 13.3. The third-order valence-corrected chi connectivity index (χ3v) is 6.55. The molecule has 0 spiro atoms. The van der Waals surface area contributed by atoms with E-state index in [0.717, 1.165) is 4.47 Å². The summed E-state index contributed by atoms with van der Waals surface area (Å²) in [4.78, 5) is 24.4. The average molecular weight is 584 g/mol. The van der Waals surface area contributed by atoms with Gasteiger partial charge in [-0.25, -0.2) is 8.42 Å². The van der Waals surface area contributed by atoms with Gasteiger partial charge < -0.3 is 14.0 Å². The molecule has 0 unspecified atom stereocenters. The fourth-order valence-corrected chi connectivity index (χ4v) is 4.54. The molecule has 0 radical (unpaired) electrons. The average Bonchev–Trinajstić information content (AvgIpc) is 2.70. The van der Waals surface area contributed by atoms with Crippen molar-refractivity contribution in [2.45, 2.75) is 50.2 Å². The van der Waals surface area contributed by atoms with Crippen molar-refractivity contribution in [2.24, 2.45) is 11.8 Å². The van der Waals surface area contributed by atoms with Gasteiger partial charge in [-0.2, -0.15) is 26.3 Å². The molecular formula is C19H18BrF6O7S-. The zero-order chi connectivity index (χ0) is 25.9. The molecule has 192 valence electrons. The Morgan fingerprint density at radius 2 is 1.35 bits per heavy atom. The third kappa shape index (κ3) is 7.07. The highest BCUT2D eigenvalue weighted by atomic mass is 79.9. The quantitative estimate of drug-likeness (QED) is 0.268. The molecule has 1 aliphatic rings. The number of halogens is 7. The van der Waals surface area contributed by atoms with E-state index < -0.39 is 57.6 Å². The first-order valence-electron chi connectivity index (χ1n) is 9.66. The summed E-state index contributed by atoms with van der Waals surface area (Å²) < 4.78 is 122. The lowest BCUT2D eigenvalue weighted by molar-refractivity contribution is -0.362. The van der Waals surface area contributed by atoms with Crippen LogP contribution in [0.3, 0.4) is 0 Å². The number of ether oxygens (including phenoxy) is 2. The van der Waals surface area contributed by atoms with Crippen LogP contribution in [0.1, 0.15) is 31.2 Å². The molecule has 0 N–H and O–H groups in total. The number of carbonyl (C=O) groups excluding carboxylic acids is 2. The molecule has 0 aliphatic heterocycles. The Labute approximate surface area is 198 Å². The Morgan fingerprint density at radius 3 is 1.76 bits per heavy atom. The number of hydrogen-bond donors (Lipinski definition) is 0. The van der Waals surface area contributed by atoms with E-state index in [0.29, 0.717) is 5.56 Å². The molecule has 34 heavy (non-hydrogen) atoms. The molecule has 0 bridgehead atoms. The van der Waals surface area contributed by atoms with Crippen molar-refractivity contribution < 1.29 is 58.4 Å². The molecule has 0 aromatic heterocycles. The maximum Gasteiger partial charge on any atom is 0.438 e. The van der Waals surface area contributed by atoms with Gasteiger partial charge in [0.2, 0.25) is 0 Å². The van der Waals surface area contributed by atoms with E-state index in [1.807, 2.05) is 0 Å². The summed E-state index contributed by atoms with van der Waals surface area (Å²) in [5, 5.41) is 0. The second-order valence-electron chi connectivity index (χ2n) is 7.73. The zero-order valence-corrected chi connectivity index (χ0v) is 19.5. The molecule has 1 aliphatic carbocycles. The number of carbonyl (C=O) groups is 2. The predicted molar refractivity (Wildman–Crippen MR) is 105 cm³/mol. The summed E-state index contributed by atoms with van der Waals surface area (Å²) in [5.74, 6) is -7.85. The van der Waals surface area contributed by atoms with E-state index in [4.69, 9.17) is 4.74 Å². The molecule has 7 nitrogen and oxygen atoms in total. The van der Waals surface area contributed by atoms with Crippen molar-refractivity contribution in [2.75, 3.05) is 5.75 Å². The lowest BCUT2D eigenvalue weighted by Gasteiger charge is -2.38. The molecule has 0 saturated heterocycles. The van der Waals surface area contributed by atoms with Crippen LogP contribution >= 0.6 is 15.9 Å². The molecule has 1 aromatic carbocycles. The van der Waals surface area contributed by atoms with Crippen molar-refractivity contribution >= 4 is 38.0 Å². The second kappa shape index (κ2) is 10.4. The van der Waals surface area contributed by atoms with Crippen molar-refractivity contribution in [3.63, 3.8) is 0 Å². The Balaban J connectivity index is 2.03. The first-order chi connectivity index (χ1) is 15.5. The summed E-state index contributed by atoms with van der Waals surface area (Å²) in [5.41, 5.74) is -4.82. The van der Waals surface area contributed by atoms with Crippen molar-refractivity contribution in [3.8, 4) is 0 Å². The Morgan fingerprint density at radius 1 is 0.912 bits per heavy atom. The van der Waals surface area contributed by atoms with Crippen LogP contribution < -0.4 is 0 Å². The lowest BCUT2D eigenvalue weighted by Crippen LogP contribution is -2.64. The first-order valence-corrected chi connectivity index (χ1v) is 12.0. The van der Waals surface area contributed by atoms with Crippen LogP contribution in [-0.4, -0.2) is 48.6 Å². The van der Waals surface area contributed by atoms with E-state index in [2.05, 4.69) is 20.7 Å². The lowest BCUT2D eigenvalue weighted by atomic mass is 9.82. The number of hydrogen-bond acceptors (Lipinski definition) is 7. The van der Waals surface area contributed by atoms with Gasteiger partial charge in [0, 0.05) is 4.47 Å². The van der Waals surface area contributed by atoms with E-state index in [9.17, 15) is 48.9 Å². The van der Waals surface area contributed by atoms with Gasteiger partial charge in [0.15, 0.2) is 0 Å². The molecule has 2 rings (SSSR count). The van der Waals surface area contributed by atoms with Gasteiger partial charge in [-0.1, -0.05) is 28.1 Å². The molecule has 1 saturated carbocycles. The maximum absolute atomic E-state index is 13.3. The fraction of sp³-hybridized carbons (Fsp3) is 0.579. The van der Waals surface area contributed by atoms with Gasteiger partial charge in [0.25, 0.3) is 0 Å². The summed E-state index contributed by atoms with van der Waals surface area (Å²) in [7, 11) is -6.11. The fourth-order valence-electron chi connectivity index (χ4n) is 3.39. The van der Waals surface area contributed by atoms with E-state index in [1.54, 1.807) is 24.3 Å². The van der Waals surface area contributed by atoms with Crippen molar-refractivity contribution in [1.29, 1.82) is 0 Å². The predicted octanol–water partition coefficient (Wildman–Crippen LogP) is 4.25. The number of esters is 2. The van der Waals surface area contributed by atoms with Crippen LogP contribution in [0.25, 0.3) is 0 Å². The number of benzene rings is 1. The normalized spacial score (nSPS) is 20.0.